The molecule has 0 saturated carbocycles. The highest BCUT2D eigenvalue weighted by Crippen LogP contribution is 2.27. The molecule has 0 saturated heterocycles. The Labute approximate surface area is 143 Å². The van der Waals surface area contributed by atoms with Gasteiger partial charge in [0.05, 0.1) is 0 Å². The molecule has 0 fully saturated rings. The molecule has 24 heavy (non-hydrogen) atoms. The zero-order valence-corrected chi connectivity index (χ0v) is 14.0. The number of amides is 1. The van der Waals surface area contributed by atoms with Gasteiger partial charge >= 0.3 is 5.97 Å². The van der Waals surface area contributed by atoms with Crippen molar-refractivity contribution in [3.63, 3.8) is 0 Å². The monoisotopic (exact) mass is 348 g/mol. The van der Waals surface area contributed by atoms with Gasteiger partial charge in [0.15, 0.2) is 5.54 Å². The van der Waals surface area contributed by atoms with Crippen LogP contribution in [0.5, 0.6) is 0 Å². The van der Waals surface area contributed by atoms with Gasteiger partial charge in [-0.15, -0.1) is 0 Å². The van der Waals surface area contributed by atoms with Gasteiger partial charge in [-0.05, 0) is 30.2 Å². The summed E-state index contributed by atoms with van der Waals surface area (Å²) in [4.78, 5) is 36.1. The number of hydrogen-bond donors (Lipinski definition) is 2. The fourth-order valence-corrected chi connectivity index (χ4v) is 2.51. The van der Waals surface area contributed by atoms with Gasteiger partial charge in [-0.2, -0.15) is 0 Å². The van der Waals surface area contributed by atoms with Gasteiger partial charge in [-0.1, -0.05) is 30.7 Å². The van der Waals surface area contributed by atoms with Crippen molar-refractivity contribution in [1.29, 1.82) is 0 Å². The van der Waals surface area contributed by atoms with E-state index in [4.69, 9.17) is 11.6 Å². The highest BCUT2D eigenvalue weighted by atomic mass is 35.5. The highest BCUT2D eigenvalue weighted by molar-refractivity contribution is 6.30. The van der Waals surface area contributed by atoms with E-state index >= 15 is 0 Å². The Bertz CT molecular complexity index is 829. The van der Waals surface area contributed by atoms with E-state index in [1.165, 1.54) is 22.9 Å². The first-order chi connectivity index (χ1) is 11.3. The maximum absolute atomic E-state index is 12.5. The molecule has 0 aliphatic carbocycles. The van der Waals surface area contributed by atoms with Crippen molar-refractivity contribution in [2.24, 2.45) is 7.05 Å². The average molecular weight is 349 g/mol. The summed E-state index contributed by atoms with van der Waals surface area (Å²) >= 11 is 5.85. The van der Waals surface area contributed by atoms with Crippen molar-refractivity contribution < 1.29 is 14.7 Å². The summed E-state index contributed by atoms with van der Waals surface area (Å²) in [6.45, 7) is 1.66. The zero-order chi connectivity index (χ0) is 17.9. The Morgan fingerprint density at radius 1 is 1.25 bits per heavy atom. The summed E-state index contributed by atoms with van der Waals surface area (Å²) in [5.41, 5.74) is -1.46. The summed E-state index contributed by atoms with van der Waals surface area (Å²) in [5.74, 6) is -1.82. The van der Waals surface area contributed by atoms with Gasteiger partial charge in [-0.3, -0.25) is 9.59 Å². The number of aromatic nitrogens is 1. The number of rotatable bonds is 5. The molecular weight excluding hydrogens is 332 g/mol. The molecule has 0 radical (unpaired) electrons. The summed E-state index contributed by atoms with van der Waals surface area (Å²) in [6.07, 6.45) is 1.58. The molecule has 2 rings (SSSR count). The highest BCUT2D eigenvalue weighted by Gasteiger charge is 2.40. The predicted molar refractivity (Wildman–Crippen MR) is 90.2 cm³/mol. The van der Waals surface area contributed by atoms with Crippen molar-refractivity contribution in [3.8, 4) is 0 Å². The molecule has 0 bridgehead atoms. The second-order valence-corrected chi connectivity index (χ2v) is 5.83. The molecule has 6 nitrogen and oxygen atoms in total. The Morgan fingerprint density at radius 2 is 1.88 bits per heavy atom. The van der Waals surface area contributed by atoms with Crippen molar-refractivity contribution in [2.45, 2.75) is 18.9 Å². The number of nitrogens with one attached hydrogen (secondary N) is 1. The van der Waals surface area contributed by atoms with E-state index in [1.54, 1.807) is 38.2 Å². The first-order valence-corrected chi connectivity index (χ1v) is 7.66. The van der Waals surface area contributed by atoms with Gasteiger partial charge in [-0.25, -0.2) is 4.79 Å². The molecule has 0 spiro atoms. The standard InChI is InChI=1S/C17H17ClN2O4/c1-3-17(16(23)24,12-4-6-13(18)7-5-12)19-15(22)11-8-9-20(2)14(21)10-11/h4-10H,3H2,1-2H3,(H,19,22)(H,23,24). The first kappa shape index (κ1) is 17.7. The second-order valence-electron chi connectivity index (χ2n) is 5.39. The number of aliphatic carboxylic acids is 1. The third kappa shape index (κ3) is 3.33. The van der Waals surface area contributed by atoms with Crippen LogP contribution in [-0.4, -0.2) is 21.6 Å². The SMILES string of the molecule is CCC(NC(=O)c1ccn(C)c(=O)c1)(C(=O)O)c1ccc(Cl)cc1. The minimum atomic E-state index is -1.61. The number of carbonyl (C=O) groups is 2. The van der Waals surface area contributed by atoms with Crippen LogP contribution in [0.4, 0.5) is 0 Å². The smallest absolute Gasteiger partial charge is 0.334 e. The number of benzene rings is 1. The second kappa shape index (κ2) is 6.88. The van der Waals surface area contributed by atoms with Crippen molar-refractivity contribution >= 4 is 23.5 Å². The van der Waals surface area contributed by atoms with E-state index in [9.17, 15) is 19.5 Å². The molecule has 1 aromatic carbocycles. The van der Waals surface area contributed by atoms with Gasteiger partial charge < -0.3 is 15.0 Å². The third-order valence-electron chi connectivity index (χ3n) is 3.93. The molecule has 7 heteroatoms. The molecule has 2 aromatic rings. The van der Waals surface area contributed by atoms with Crippen LogP contribution < -0.4 is 10.9 Å². The third-order valence-corrected chi connectivity index (χ3v) is 4.18. The van der Waals surface area contributed by atoms with Crippen LogP contribution in [0.3, 0.4) is 0 Å². The molecule has 2 N–H and O–H groups in total. The minimum Gasteiger partial charge on any atom is -0.479 e. The maximum atomic E-state index is 12.5. The average Bonchev–Trinajstić information content (AvgIpc) is 2.55. The van der Waals surface area contributed by atoms with Crippen molar-refractivity contribution in [1.82, 2.24) is 9.88 Å². The molecule has 0 aliphatic rings. The largest absolute Gasteiger partial charge is 0.479 e. The molecule has 1 heterocycles. The van der Waals surface area contributed by atoms with Crippen LogP contribution in [0.25, 0.3) is 0 Å². The first-order valence-electron chi connectivity index (χ1n) is 7.29. The van der Waals surface area contributed by atoms with Crippen LogP contribution in [0.15, 0.2) is 47.4 Å². The molecule has 126 valence electrons. The van der Waals surface area contributed by atoms with E-state index in [1.807, 2.05) is 0 Å². The molecular formula is C17H17ClN2O4. The lowest BCUT2D eigenvalue weighted by atomic mass is 9.87. The Hall–Kier alpha value is -2.60. The van der Waals surface area contributed by atoms with Gasteiger partial charge in [0.2, 0.25) is 0 Å². The van der Waals surface area contributed by atoms with E-state index < -0.39 is 17.4 Å². The fourth-order valence-electron chi connectivity index (χ4n) is 2.38. The van der Waals surface area contributed by atoms with E-state index in [-0.39, 0.29) is 17.5 Å². The summed E-state index contributed by atoms with van der Waals surface area (Å²) in [5, 5.41) is 12.7. The molecule has 1 unspecified atom stereocenters. The summed E-state index contributed by atoms with van der Waals surface area (Å²) in [6, 6.07) is 8.87. The van der Waals surface area contributed by atoms with Gasteiger partial charge in [0.25, 0.3) is 11.5 Å². The van der Waals surface area contributed by atoms with Crippen molar-refractivity contribution in [3.05, 3.63) is 69.1 Å². The van der Waals surface area contributed by atoms with E-state index in [2.05, 4.69) is 5.32 Å². The minimum absolute atomic E-state index is 0.103. The number of aryl methyl sites for hydroxylation is 1. The number of halogens is 1. The topological polar surface area (TPSA) is 88.4 Å². The lowest BCUT2D eigenvalue weighted by molar-refractivity contribution is -0.145. The van der Waals surface area contributed by atoms with Gasteiger partial charge in [0.1, 0.15) is 0 Å². The molecule has 1 aromatic heterocycles. The number of carboxylic acid groups (broad SMARTS) is 1. The maximum Gasteiger partial charge on any atom is 0.334 e. The number of carboxylic acids is 1. The van der Waals surface area contributed by atoms with Crippen LogP contribution in [0.1, 0.15) is 29.3 Å². The van der Waals surface area contributed by atoms with Crippen LogP contribution in [-0.2, 0) is 17.4 Å². The van der Waals surface area contributed by atoms with Crippen molar-refractivity contribution in [2.75, 3.05) is 0 Å². The van der Waals surface area contributed by atoms with Crippen LogP contribution in [0.2, 0.25) is 5.02 Å². The summed E-state index contributed by atoms with van der Waals surface area (Å²) < 4.78 is 1.32. The number of carbonyl (C=O) groups excluding carboxylic acids is 1. The number of pyridine rings is 1. The molecule has 0 aliphatic heterocycles. The van der Waals surface area contributed by atoms with Crippen LogP contribution in [0, 0.1) is 0 Å². The Balaban J connectivity index is 2.43. The lowest BCUT2D eigenvalue weighted by Gasteiger charge is -2.30. The zero-order valence-electron chi connectivity index (χ0n) is 13.2. The Kier molecular flexibility index (Phi) is 5.09. The summed E-state index contributed by atoms with van der Waals surface area (Å²) in [7, 11) is 1.56. The number of nitrogens with zero attached hydrogens (tertiary/aromatic N) is 1. The molecule has 1 atom stereocenters. The quantitative estimate of drug-likeness (QED) is 0.866. The normalized spacial score (nSPS) is 13.1. The fraction of sp³-hybridized carbons (Fsp3) is 0.235. The Morgan fingerprint density at radius 3 is 2.38 bits per heavy atom. The van der Waals surface area contributed by atoms with E-state index in [0.29, 0.717) is 10.6 Å². The van der Waals surface area contributed by atoms with Crippen LogP contribution >= 0.6 is 11.6 Å². The van der Waals surface area contributed by atoms with Gasteiger partial charge in [0, 0.05) is 29.9 Å². The lowest BCUT2D eigenvalue weighted by Crippen LogP contribution is -2.51. The van der Waals surface area contributed by atoms with E-state index in [0.717, 1.165) is 0 Å². The number of hydrogen-bond acceptors (Lipinski definition) is 3. The predicted octanol–water partition coefficient (Wildman–Crippen LogP) is 2.16. The molecule has 1 amide bonds.